The normalized spacial score (nSPS) is 18.7. The number of rotatable bonds is 5. The molecule has 3 aromatic rings. The van der Waals surface area contributed by atoms with Crippen molar-refractivity contribution in [1.29, 1.82) is 0 Å². The van der Waals surface area contributed by atoms with E-state index < -0.39 is 0 Å². The summed E-state index contributed by atoms with van der Waals surface area (Å²) in [6, 6.07) is 15.8. The summed E-state index contributed by atoms with van der Waals surface area (Å²) in [6.07, 6.45) is 2.42. The number of fused-ring (bicyclic) bond motifs is 1. The molecular formula is C23H21ClFNO2. The van der Waals surface area contributed by atoms with Crippen LogP contribution in [0.15, 0.2) is 54.6 Å². The lowest BCUT2D eigenvalue weighted by molar-refractivity contribution is 0.0393. The molecule has 28 heavy (non-hydrogen) atoms. The number of hydrogen-bond acceptors (Lipinski definition) is 2. The molecule has 0 heterocycles. The van der Waals surface area contributed by atoms with Crippen LogP contribution in [0.2, 0.25) is 5.02 Å². The van der Waals surface area contributed by atoms with E-state index in [0.717, 1.165) is 41.2 Å². The van der Waals surface area contributed by atoms with Crippen molar-refractivity contribution in [3.05, 3.63) is 71.0 Å². The van der Waals surface area contributed by atoms with Gasteiger partial charge < -0.3 is 10.4 Å². The van der Waals surface area contributed by atoms with Crippen LogP contribution in [0.5, 0.6) is 0 Å². The lowest BCUT2D eigenvalue weighted by Gasteiger charge is -2.31. The Morgan fingerprint density at radius 2 is 1.79 bits per heavy atom. The van der Waals surface area contributed by atoms with Gasteiger partial charge in [-0.1, -0.05) is 29.8 Å². The van der Waals surface area contributed by atoms with Gasteiger partial charge in [-0.25, -0.2) is 4.39 Å². The van der Waals surface area contributed by atoms with Gasteiger partial charge in [0.05, 0.1) is 6.10 Å². The maximum absolute atomic E-state index is 13.6. The second-order valence-corrected chi connectivity index (χ2v) is 7.91. The van der Waals surface area contributed by atoms with E-state index in [0.29, 0.717) is 23.0 Å². The minimum Gasteiger partial charge on any atom is -0.393 e. The summed E-state index contributed by atoms with van der Waals surface area (Å²) in [6.45, 7) is 0.619. The zero-order valence-corrected chi connectivity index (χ0v) is 16.0. The molecule has 0 bridgehead atoms. The zero-order chi connectivity index (χ0) is 19.7. The fourth-order valence-corrected chi connectivity index (χ4v) is 3.94. The number of carbonyl (C=O) groups excluding carboxylic acids is 1. The van der Waals surface area contributed by atoms with Crippen molar-refractivity contribution >= 4 is 28.3 Å². The Balaban J connectivity index is 1.47. The summed E-state index contributed by atoms with van der Waals surface area (Å²) in [5.41, 5.74) is 2.20. The van der Waals surface area contributed by atoms with Crippen molar-refractivity contribution in [2.24, 2.45) is 5.92 Å². The van der Waals surface area contributed by atoms with Crippen molar-refractivity contribution in [1.82, 2.24) is 5.32 Å². The molecule has 1 aliphatic carbocycles. The molecule has 1 amide bonds. The standard InChI is InChI=1S/C23H21ClFNO2/c24-20-11-19(12-21(25)13-20)17-2-1-16-10-18(4-3-15(16)9-17)23(28)26-6-5-14-7-22(27)8-14/h1-4,9-14,22,27H,5-8H2,(H,26,28). The molecule has 3 nitrogen and oxygen atoms in total. The fourth-order valence-electron chi connectivity index (χ4n) is 3.72. The quantitative estimate of drug-likeness (QED) is 0.622. The van der Waals surface area contributed by atoms with Gasteiger partial charge in [-0.15, -0.1) is 0 Å². The molecule has 0 aromatic heterocycles. The number of halogens is 2. The Bertz CT molecular complexity index is 1010. The third-order valence-corrected chi connectivity index (χ3v) is 5.57. The smallest absolute Gasteiger partial charge is 0.251 e. The molecule has 0 unspecified atom stereocenters. The van der Waals surface area contributed by atoms with E-state index in [2.05, 4.69) is 5.32 Å². The van der Waals surface area contributed by atoms with E-state index in [1.54, 1.807) is 12.1 Å². The highest BCUT2D eigenvalue weighted by molar-refractivity contribution is 6.30. The molecule has 1 saturated carbocycles. The van der Waals surface area contributed by atoms with Crippen LogP contribution in [0.25, 0.3) is 21.9 Å². The molecule has 0 aliphatic heterocycles. The minimum absolute atomic E-state index is 0.0947. The average molecular weight is 398 g/mol. The van der Waals surface area contributed by atoms with Crippen molar-refractivity contribution in [2.75, 3.05) is 6.54 Å². The number of aliphatic hydroxyl groups is 1. The monoisotopic (exact) mass is 397 g/mol. The van der Waals surface area contributed by atoms with Crippen molar-refractivity contribution in [2.45, 2.75) is 25.4 Å². The van der Waals surface area contributed by atoms with Crippen LogP contribution in [0.4, 0.5) is 4.39 Å². The van der Waals surface area contributed by atoms with Gasteiger partial charge in [0.25, 0.3) is 5.91 Å². The number of nitrogens with one attached hydrogen (secondary N) is 1. The first-order valence-corrected chi connectivity index (χ1v) is 9.82. The predicted octanol–water partition coefficient (Wildman–Crippen LogP) is 5.19. The van der Waals surface area contributed by atoms with Gasteiger partial charge in [0.1, 0.15) is 5.82 Å². The Morgan fingerprint density at radius 1 is 1.04 bits per heavy atom. The van der Waals surface area contributed by atoms with Gasteiger partial charge in [-0.05, 0) is 83.5 Å². The number of amides is 1. The van der Waals surface area contributed by atoms with Gasteiger partial charge in [0, 0.05) is 17.1 Å². The average Bonchev–Trinajstić information content (AvgIpc) is 2.64. The second-order valence-electron chi connectivity index (χ2n) is 7.47. The molecule has 1 fully saturated rings. The fraction of sp³-hybridized carbons (Fsp3) is 0.261. The van der Waals surface area contributed by atoms with Crippen LogP contribution in [0.1, 0.15) is 29.6 Å². The SMILES string of the molecule is O=C(NCCC1CC(O)C1)c1ccc2cc(-c3cc(F)cc(Cl)c3)ccc2c1. The zero-order valence-electron chi connectivity index (χ0n) is 15.3. The molecular weight excluding hydrogens is 377 g/mol. The highest BCUT2D eigenvalue weighted by atomic mass is 35.5. The third kappa shape index (κ3) is 4.18. The van der Waals surface area contributed by atoms with Gasteiger partial charge in [0.2, 0.25) is 0 Å². The molecule has 0 saturated heterocycles. The minimum atomic E-state index is -0.369. The summed E-state index contributed by atoms with van der Waals surface area (Å²) in [5.74, 6) is 0.0513. The van der Waals surface area contributed by atoms with Crippen LogP contribution in [-0.4, -0.2) is 23.7 Å². The Labute approximate surface area is 168 Å². The van der Waals surface area contributed by atoms with Gasteiger partial charge >= 0.3 is 0 Å². The number of benzene rings is 3. The van der Waals surface area contributed by atoms with E-state index in [1.165, 1.54) is 12.1 Å². The Hall–Kier alpha value is -2.43. The lowest BCUT2D eigenvalue weighted by atomic mass is 9.80. The first-order chi connectivity index (χ1) is 13.5. The molecule has 4 rings (SSSR count). The Morgan fingerprint density at radius 3 is 2.54 bits per heavy atom. The highest BCUT2D eigenvalue weighted by Gasteiger charge is 2.26. The third-order valence-electron chi connectivity index (χ3n) is 5.35. The van der Waals surface area contributed by atoms with E-state index in [4.69, 9.17) is 11.6 Å². The lowest BCUT2D eigenvalue weighted by Crippen LogP contribution is -2.32. The molecule has 2 N–H and O–H groups in total. The number of carbonyl (C=O) groups is 1. The first-order valence-electron chi connectivity index (χ1n) is 9.44. The van der Waals surface area contributed by atoms with Crippen molar-refractivity contribution < 1.29 is 14.3 Å². The molecule has 3 aromatic carbocycles. The molecule has 0 atom stereocenters. The van der Waals surface area contributed by atoms with E-state index >= 15 is 0 Å². The Kier molecular flexibility index (Phi) is 5.33. The molecule has 1 aliphatic rings. The molecule has 0 spiro atoms. The van der Waals surface area contributed by atoms with Crippen LogP contribution < -0.4 is 5.32 Å². The summed E-state index contributed by atoms with van der Waals surface area (Å²) in [4.78, 5) is 12.4. The van der Waals surface area contributed by atoms with Gasteiger partial charge in [-0.2, -0.15) is 0 Å². The predicted molar refractivity (Wildman–Crippen MR) is 110 cm³/mol. The number of hydrogen-bond donors (Lipinski definition) is 2. The largest absolute Gasteiger partial charge is 0.393 e. The summed E-state index contributed by atoms with van der Waals surface area (Å²) in [5, 5.41) is 14.5. The highest BCUT2D eigenvalue weighted by Crippen LogP contribution is 2.30. The maximum Gasteiger partial charge on any atom is 0.251 e. The first kappa shape index (κ1) is 18.9. The van der Waals surface area contributed by atoms with Crippen LogP contribution in [0, 0.1) is 11.7 Å². The second kappa shape index (κ2) is 7.90. The molecule has 5 heteroatoms. The summed E-state index contributed by atoms with van der Waals surface area (Å²) >= 11 is 5.96. The van der Waals surface area contributed by atoms with E-state index in [-0.39, 0.29) is 17.8 Å². The van der Waals surface area contributed by atoms with Gasteiger partial charge in [-0.3, -0.25) is 4.79 Å². The summed E-state index contributed by atoms with van der Waals surface area (Å²) < 4.78 is 13.6. The number of aliphatic hydroxyl groups excluding tert-OH is 1. The van der Waals surface area contributed by atoms with E-state index in [1.807, 2.05) is 30.3 Å². The van der Waals surface area contributed by atoms with Crippen molar-refractivity contribution in [3.63, 3.8) is 0 Å². The van der Waals surface area contributed by atoms with Crippen LogP contribution in [-0.2, 0) is 0 Å². The molecule has 0 radical (unpaired) electrons. The summed E-state index contributed by atoms with van der Waals surface area (Å²) in [7, 11) is 0. The van der Waals surface area contributed by atoms with Crippen molar-refractivity contribution in [3.8, 4) is 11.1 Å². The van der Waals surface area contributed by atoms with Gasteiger partial charge in [0.15, 0.2) is 0 Å². The topological polar surface area (TPSA) is 49.3 Å². The maximum atomic E-state index is 13.6. The molecule has 144 valence electrons. The van der Waals surface area contributed by atoms with Crippen LogP contribution >= 0.6 is 11.6 Å². The van der Waals surface area contributed by atoms with Crippen LogP contribution in [0.3, 0.4) is 0 Å². The van der Waals surface area contributed by atoms with E-state index in [9.17, 15) is 14.3 Å².